The van der Waals surface area contributed by atoms with Gasteiger partial charge in [-0.15, -0.1) is 0 Å². The molecule has 4 rings (SSSR count). The third kappa shape index (κ3) is 18.4. The molecule has 0 N–H and O–H groups in total. The Labute approximate surface area is 386 Å². The van der Waals surface area contributed by atoms with Gasteiger partial charge in [-0.1, -0.05) is 290 Å². The first-order chi connectivity index (χ1) is 27.7. The maximum atomic E-state index is 11.7. The van der Waals surface area contributed by atoms with Gasteiger partial charge in [0.25, 0.3) is 0 Å². The van der Waals surface area contributed by atoms with Gasteiger partial charge in [-0.2, -0.15) is 0 Å². The number of ketones is 2. The molecule has 4 aromatic carbocycles. The average Bonchev–Trinajstić information content (AvgIpc) is 3.11. The fourth-order valence-corrected chi connectivity index (χ4v) is 17.4. The molecule has 2 nitrogen and oxygen atoms in total. The van der Waals surface area contributed by atoms with Crippen LogP contribution in [0.15, 0.2) is 121 Å². The molecule has 0 amide bonds. The van der Waals surface area contributed by atoms with Gasteiger partial charge in [-0.3, -0.25) is 9.59 Å². The van der Waals surface area contributed by atoms with Crippen molar-refractivity contribution in [2.75, 3.05) is 0 Å². The van der Waals surface area contributed by atoms with Crippen molar-refractivity contribution >= 4 is 38.1 Å². The zero-order valence-corrected chi connectivity index (χ0v) is 46.6. The highest BCUT2D eigenvalue weighted by atomic mass is 28.3. The minimum Gasteiger partial charge on any atom is -0.299 e. The van der Waals surface area contributed by atoms with E-state index >= 15 is 0 Å². The van der Waals surface area contributed by atoms with Crippen molar-refractivity contribution in [3.63, 3.8) is 0 Å². The van der Waals surface area contributed by atoms with Crippen LogP contribution >= 0.6 is 0 Å². The molecule has 0 radical (unpaired) electrons. The number of benzene rings is 4. The summed E-state index contributed by atoms with van der Waals surface area (Å²) in [7, 11) is -3.06. The molecule has 0 bridgehead atoms. The number of carbonyl (C=O) groups is 2. The average molecular weight is 880 g/mol. The van der Waals surface area contributed by atoms with Gasteiger partial charge < -0.3 is 0 Å². The largest absolute Gasteiger partial charge is 0.299 e. The van der Waals surface area contributed by atoms with Crippen molar-refractivity contribution in [1.29, 1.82) is 0 Å². The summed E-state index contributed by atoms with van der Waals surface area (Å²) in [4.78, 5) is 22.1. The highest BCUT2D eigenvalue weighted by molar-refractivity contribution is 7.06. The van der Waals surface area contributed by atoms with Crippen LogP contribution in [0, 0.1) is 16.2 Å². The summed E-state index contributed by atoms with van der Waals surface area (Å²) in [6.07, 6.45) is 1.16. The van der Waals surface area contributed by atoms with Gasteiger partial charge in [0.1, 0.15) is 13.9 Å². The first kappa shape index (κ1) is 58.7. The smallest absolute Gasteiger partial charge is 0.168 e. The molecular formula is C58H94O2Si2. The predicted molar refractivity (Wildman–Crippen MR) is 284 cm³/mol. The van der Waals surface area contributed by atoms with E-state index in [1.807, 2.05) is 71.9 Å². The van der Waals surface area contributed by atoms with Crippen molar-refractivity contribution in [3.05, 3.63) is 132 Å². The van der Waals surface area contributed by atoms with Crippen LogP contribution in [-0.2, 0) is 11.2 Å². The van der Waals surface area contributed by atoms with Gasteiger partial charge in [0.05, 0.1) is 8.07 Å². The summed E-state index contributed by atoms with van der Waals surface area (Å²) >= 11 is 0. The van der Waals surface area contributed by atoms with Crippen LogP contribution in [0.5, 0.6) is 0 Å². The van der Waals surface area contributed by atoms with Gasteiger partial charge in [0.2, 0.25) is 0 Å². The second kappa shape index (κ2) is 23.0. The molecule has 0 aliphatic carbocycles. The maximum absolute atomic E-state index is 11.7. The van der Waals surface area contributed by atoms with Crippen molar-refractivity contribution in [3.8, 4) is 0 Å². The molecular weight excluding hydrogens is 785 g/mol. The molecule has 0 atom stereocenters. The molecule has 0 unspecified atom stereocenters. The van der Waals surface area contributed by atoms with Crippen LogP contribution in [0.3, 0.4) is 0 Å². The standard InChI is InChI=1S/C20H28Si.C11H14O.C11H16.C10H24Si.C6H12O/c1-19(2,3)21(20(4,5)6,17-13-9-7-10-14-17)18-15-11-8-12-16-18;1-11(2,3)10(12)9-7-5-4-6-8-9;1-11(2,3)9-10-7-5-4-6-8-10;1-9(2,3)11(7,8)10(4,5)6;1-5(7)6(2,3)4/h7-16H,1-6H3;4-8H,1-3H3;4-8H,9H2,1-3H3;1-8H3;1-4H3. The van der Waals surface area contributed by atoms with Crippen molar-refractivity contribution in [2.45, 2.75) is 192 Å². The third-order valence-corrected chi connectivity index (χ3v) is 27.2. The van der Waals surface area contributed by atoms with E-state index in [0.29, 0.717) is 15.5 Å². The summed E-state index contributed by atoms with van der Waals surface area (Å²) in [6, 6.07) is 42.4. The number of hydrogen-bond donors (Lipinski definition) is 0. The van der Waals surface area contributed by atoms with Crippen LogP contribution in [0.2, 0.25) is 33.2 Å². The molecule has 346 valence electrons. The highest BCUT2D eigenvalue weighted by Gasteiger charge is 2.55. The molecule has 0 saturated heterocycles. The van der Waals surface area contributed by atoms with Crippen LogP contribution < -0.4 is 10.4 Å². The summed E-state index contributed by atoms with van der Waals surface area (Å²) in [5.74, 6) is 0.440. The summed E-state index contributed by atoms with van der Waals surface area (Å²) in [5.41, 5.74) is 2.22. The van der Waals surface area contributed by atoms with Gasteiger partial charge in [0.15, 0.2) is 5.78 Å². The molecule has 0 aromatic heterocycles. The number of Topliss-reactive ketones (excluding diaryl/α,β-unsaturated/α-hetero) is 2. The molecule has 4 aromatic rings. The van der Waals surface area contributed by atoms with Crippen molar-refractivity contribution in [2.24, 2.45) is 16.2 Å². The van der Waals surface area contributed by atoms with E-state index in [1.165, 1.54) is 15.9 Å². The number of carbonyl (C=O) groups excluding carboxylic acids is 2. The van der Waals surface area contributed by atoms with Gasteiger partial charge >= 0.3 is 0 Å². The Morgan fingerprint density at radius 2 is 0.677 bits per heavy atom. The van der Waals surface area contributed by atoms with E-state index in [4.69, 9.17) is 0 Å². The lowest BCUT2D eigenvalue weighted by Gasteiger charge is -2.52. The lowest BCUT2D eigenvalue weighted by atomic mass is 9.87. The van der Waals surface area contributed by atoms with Crippen LogP contribution in [-0.4, -0.2) is 27.7 Å². The molecule has 0 spiro atoms. The SMILES string of the molecule is CC(=O)C(C)(C)C.CC(C)(C)C(=O)c1ccccc1.CC(C)(C)Cc1ccccc1.CC(C)(C)[Si](C)(C)C(C)(C)C.CC(C)(C)[Si](c1ccccc1)(c1ccccc1)C(C)(C)C. The lowest BCUT2D eigenvalue weighted by Crippen LogP contribution is -2.69. The van der Waals surface area contributed by atoms with Crippen molar-refractivity contribution < 1.29 is 9.59 Å². The summed E-state index contributed by atoms with van der Waals surface area (Å²) in [5, 5.41) is 4.60. The van der Waals surface area contributed by atoms with Crippen molar-refractivity contribution in [1.82, 2.24) is 0 Å². The minimum absolute atomic E-state index is 0.139. The monoisotopic (exact) mass is 879 g/mol. The van der Waals surface area contributed by atoms with E-state index < -0.39 is 16.1 Å². The van der Waals surface area contributed by atoms with Gasteiger partial charge in [0, 0.05) is 16.4 Å². The number of rotatable bonds is 4. The molecule has 62 heavy (non-hydrogen) atoms. The first-order valence-corrected chi connectivity index (χ1v) is 28.0. The zero-order valence-electron chi connectivity index (χ0n) is 44.6. The Kier molecular flexibility index (Phi) is 21.8. The normalized spacial score (nSPS) is 12.7. The topological polar surface area (TPSA) is 34.1 Å². The summed E-state index contributed by atoms with van der Waals surface area (Å²) in [6.45, 7) is 53.7. The first-order valence-electron chi connectivity index (χ1n) is 23.0. The maximum Gasteiger partial charge on any atom is 0.168 e. The quantitative estimate of drug-likeness (QED) is 0.151. The second-order valence-electron chi connectivity index (χ2n) is 25.1. The Hall–Kier alpha value is -3.35. The van der Waals surface area contributed by atoms with Crippen LogP contribution in [0.1, 0.15) is 168 Å². The molecule has 4 heteroatoms. The minimum atomic E-state index is -1.95. The van der Waals surface area contributed by atoms with E-state index in [9.17, 15) is 9.59 Å². The van der Waals surface area contributed by atoms with E-state index in [2.05, 4.69) is 208 Å². The molecule has 0 aliphatic heterocycles. The summed E-state index contributed by atoms with van der Waals surface area (Å²) < 4.78 is 0. The van der Waals surface area contributed by atoms with Gasteiger partial charge in [-0.05, 0) is 44.5 Å². The van der Waals surface area contributed by atoms with Gasteiger partial charge in [-0.25, -0.2) is 0 Å². The fraction of sp³-hybridized carbons (Fsp3) is 0.552. The molecule has 0 heterocycles. The second-order valence-corrected chi connectivity index (χ2v) is 37.0. The highest BCUT2D eigenvalue weighted by Crippen LogP contribution is 2.51. The fourth-order valence-electron chi connectivity index (χ4n) is 7.76. The van der Waals surface area contributed by atoms with Crippen LogP contribution in [0.25, 0.3) is 0 Å². The lowest BCUT2D eigenvalue weighted by molar-refractivity contribution is -0.124. The third-order valence-electron chi connectivity index (χ3n) is 12.8. The predicted octanol–water partition coefficient (Wildman–Crippen LogP) is 17.0. The zero-order chi connectivity index (χ0) is 48.8. The Bertz CT molecular complexity index is 1790. The Morgan fingerprint density at radius 3 is 0.887 bits per heavy atom. The molecule has 0 fully saturated rings. The van der Waals surface area contributed by atoms with E-state index in [0.717, 1.165) is 12.0 Å². The Morgan fingerprint density at radius 1 is 0.403 bits per heavy atom. The van der Waals surface area contributed by atoms with E-state index in [-0.39, 0.29) is 32.5 Å². The molecule has 0 aliphatic rings. The van der Waals surface area contributed by atoms with Crippen LogP contribution in [0.4, 0.5) is 0 Å². The Balaban J connectivity index is 0.000000791. The molecule has 0 saturated carbocycles. The number of hydrogen-bond acceptors (Lipinski definition) is 2. The van der Waals surface area contributed by atoms with E-state index in [1.54, 1.807) is 6.92 Å².